The molecule has 10 atom stereocenters. The highest BCUT2D eigenvalue weighted by molar-refractivity contribution is 6.51. The first kappa shape index (κ1) is 19.6. The molecule has 0 aliphatic heterocycles. The predicted molar refractivity (Wildman–Crippen MR) is 128 cm³/mol. The van der Waals surface area contributed by atoms with Gasteiger partial charge in [0, 0.05) is 0 Å². The molecule has 31 heavy (non-hydrogen) atoms. The monoisotopic (exact) mass is 458 g/mol. The van der Waals surface area contributed by atoms with E-state index < -0.39 is 4.33 Å². The van der Waals surface area contributed by atoms with Crippen LogP contribution in [0.3, 0.4) is 0 Å². The molecule has 9 saturated carbocycles. The van der Waals surface area contributed by atoms with Gasteiger partial charge in [-0.15, -0.1) is 23.2 Å². The first-order valence-electron chi connectivity index (χ1n) is 13.8. The number of hydrogen-bond acceptors (Lipinski definition) is 0. The molecule has 10 aliphatic rings. The van der Waals surface area contributed by atoms with E-state index in [0.29, 0.717) is 33.5 Å². The number of alkyl halides is 2. The molecule has 2 heteroatoms. The van der Waals surface area contributed by atoms with Gasteiger partial charge in [-0.2, -0.15) is 0 Å². The zero-order valence-corrected chi connectivity index (χ0v) is 20.7. The van der Waals surface area contributed by atoms with Crippen LogP contribution in [0.5, 0.6) is 0 Å². The highest BCUT2D eigenvalue weighted by Gasteiger charge is 2.69. The van der Waals surface area contributed by atoms with Crippen LogP contribution < -0.4 is 0 Å². The summed E-state index contributed by atoms with van der Waals surface area (Å²) < 4.78 is -0.411. The van der Waals surface area contributed by atoms with E-state index in [1.54, 1.807) is 0 Å². The molecule has 0 aromatic heterocycles. The Kier molecular flexibility index (Phi) is 3.75. The Morgan fingerprint density at radius 3 is 1.23 bits per heavy atom. The van der Waals surface area contributed by atoms with Gasteiger partial charge in [-0.3, -0.25) is 0 Å². The lowest BCUT2D eigenvalue weighted by Gasteiger charge is -2.63. The summed E-state index contributed by atoms with van der Waals surface area (Å²) in [7, 11) is 0. The second kappa shape index (κ2) is 5.93. The summed E-state index contributed by atoms with van der Waals surface area (Å²) in [6, 6.07) is 0. The van der Waals surface area contributed by atoms with Crippen LogP contribution in [0.4, 0.5) is 0 Å². The second-order valence-corrected chi connectivity index (χ2v) is 16.5. The van der Waals surface area contributed by atoms with E-state index in [0.717, 1.165) is 23.7 Å². The van der Waals surface area contributed by atoms with Crippen molar-refractivity contribution >= 4 is 23.2 Å². The molecule has 6 unspecified atom stereocenters. The van der Waals surface area contributed by atoms with Gasteiger partial charge in [0.2, 0.25) is 0 Å². The minimum atomic E-state index is -0.411. The molecule has 0 saturated heterocycles. The first-order chi connectivity index (χ1) is 14.8. The summed E-state index contributed by atoms with van der Waals surface area (Å²) in [6.45, 7) is 0. The Balaban J connectivity index is 1.19. The van der Waals surface area contributed by atoms with Crippen LogP contribution in [-0.4, -0.2) is 4.33 Å². The third-order valence-corrected chi connectivity index (χ3v) is 13.7. The Bertz CT molecular complexity index is 744. The molecular weight excluding hydrogens is 419 g/mol. The number of allylic oxidation sites excluding steroid dienone is 2. The fraction of sp³-hybridized carbons (Fsp3) is 0.931. The zero-order valence-electron chi connectivity index (χ0n) is 19.2. The van der Waals surface area contributed by atoms with Gasteiger partial charge in [-0.25, -0.2) is 0 Å². The van der Waals surface area contributed by atoms with Crippen LogP contribution in [0.1, 0.15) is 103 Å². The minimum Gasteiger partial charge on any atom is -0.101 e. The van der Waals surface area contributed by atoms with Crippen LogP contribution >= 0.6 is 23.2 Å². The van der Waals surface area contributed by atoms with Crippen molar-refractivity contribution in [3.05, 3.63) is 12.2 Å². The van der Waals surface area contributed by atoms with Gasteiger partial charge < -0.3 is 0 Å². The van der Waals surface area contributed by atoms with E-state index in [4.69, 9.17) is 23.2 Å². The van der Waals surface area contributed by atoms with Crippen molar-refractivity contribution in [1.82, 2.24) is 0 Å². The summed E-state index contributed by atoms with van der Waals surface area (Å²) in [5.74, 6) is 5.19. The number of fused-ring (bicyclic) bond motifs is 1. The molecular formula is C29H40Cl2. The number of rotatable bonds is 0. The van der Waals surface area contributed by atoms with Crippen LogP contribution in [0.25, 0.3) is 0 Å². The normalized spacial score (nSPS) is 62.4. The van der Waals surface area contributed by atoms with Crippen molar-refractivity contribution in [3.8, 4) is 0 Å². The third-order valence-electron chi connectivity index (χ3n) is 12.5. The van der Waals surface area contributed by atoms with Crippen LogP contribution in [0.2, 0.25) is 0 Å². The van der Waals surface area contributed by atoms with Gasteiger partial charge in [0.1, 0.15) is 4.33 Å². The van der Waals surface area contributed by atoms with Crippen molar-refractivity contribution in [2.45, 2.75) is 107 Å². The molecule has 10 rings (SSSR count). The van der Waals surface area contributed by atoms with E-state index in [1.165, 1.54) is 103 Å². The molecule has 170 valence electrons. The van der Waals surface area contributed by atoms with Crippen molar-refractivity contribution in [2.75, 3.05) is 0 Å². The Labute approximate surface area is 199 Å². The molecule has 9 fully saturated rings. The quantitative estimate of drug-likeness (QED) is 0.251. The fourth-order valence-electron chi connectivity index (χ4n) is 12.9. The molecule has 0 radical (unpaired) electrons. The van der Waals surface area contributed by atoms with Gasteiger partial charge >= 0.3 is 0 Å². The molecule has 0 amide bonds. The van der Waals surface area contributed by atoms with Crippen molar-refractivity contribution < 1.29 is 0 Å². The molecule has 0 aromatic carbocycles. The smallest absolute Gasteiger partial charge is 0.101 e. The van der Waals surface area contributed by atoms with Gasteiger partial charge in [0.15, 0.2) is 0 Å². The van der Waals surface area contributed by atoms with Gasteiger partial charge in [0.05, 0.1) is 0 Å². The summed E-state index contributed by atoms with van der Waals surface area (Å²) in [6.07, 6.45) is 29.0. The molecule has 0 nitrogen and oxygen atoms in total. The highest BCUT2D eigenvalue weighted by Crippen LogP contribution is 2.76. The van der Waals surface area contributed by atoms with Gasteiger partial charge in [-0.1, -0.05) is 12.2 Å². The largest absolute Gasteiger partial charge is 0.124 e. The zero-order chi connectivity index (χ0) is 20.7. The lowest BCUT2D eigenvalue weighted by Crippen LogP contribution is -2.52. The number of hydrogen-bond donors (Lipinski definition) is 0. The molecule has 10 aliphatic carbocycles. The van der Waals surface area contributed by atoms with E-state index >= 15 is 0 Å². The average molecular weight is 460 g/mol. The minimum absolute atomic E-state index is 0.411. The molecule has 8 bridgehead atoms. The molecule has 0 N–H and O–H groups in total. The van der Waals surface area contributed by atoms with Crippen molar-refractivity contribution in [1.29, 1.82) is 0 Å². The maximum Gasteiger partial charge on any atom is 0.124 e. The van der Waals surface area contributed by atoms with Crippen LogP contribution in [-0.2, 0) is 0 Å². The van der Waals surface area contributed by atoms with Crippen LogP contribution in [0.15, 0.2) is 12.2 Å². The Morgan fingerprint density at radius 2 is 0.839 bits per heavy atom. The molecule has 0 heterocycles. The molecule has 0 aromatic rings. The average Bonchev–Trinajstić information content (AvgIpc) is 3.13. The van der Waals surface area contributed by atoms with E-state index in [-0.39, 0.29) is 0 Å². The summed E-state index contributed by atoms with van der Waals surface area (Å²) in [5, 5.41) is 0. The summed E-state index contributed by atoms with van der Waals surface area (Å²) in [4.78, 5) is 0. The van der Waals surface area contributed by atoms with Crippen molar-refractivity contribution in [3.63, 3.8) is 0 Å². The fourth-order valence-corrected chi connectivity index (χ4v) is 13.7. The summed E-state index contributed by atoms with van der Waals surface area (Å²) in [5.41, 5.74) is 2.41. The van der Waals surface area contributed by atoms with Gasteiger partial charge in [0.25, 0.3) is 0 Å². The first-order valence-corrected chi connectivity index (χ1v) is 14.6. The summed E-state index contributed by atoms with van der Waals surface area (Å²) >= 11 is 14.3. The van der Waals surface area contributed by atoms with Gasteiger partial charge in [-0.05, 0) is 160 Å². The van der Waals surface area contributed by atoms with Crippen molar-refractivity contribution in [2.24, 2.45) is 57.2 Å². The number of halogens is 2. The maximum atomic E-state index is 7.16. The predicted octanol–water partition coefficient (Wildman–Crippen LogP) is 8.71. The lowest BCUT2D eigenvalue weighted by atomic mass is 9.42. The lowest BCUT2D eigenvalue weighted by molar-refractivity contribution is -0.122. The van der Waals surface area contributed by atoms with E-state index in [1.807, 2.05) is 0 Å². The standard InChI is InChI=1S/C29H40Cl2/c30-29(31)23-15-27-11-19-5-20(12-27)8-25(7-19,17-27)3-1-2-4-26-9-21-6-22(10-26)14-28(13-21,18-26)16-24(23)29/h1-2,19-24H,3-18H2/t19-,20+,21-,22+,23?,24?,25?,26?,27?,28?. The molecule has 4 spiro atoms. The Hall–Kier alpha value is 0.320. The highest BCUT2D eigenvalue weighted by atomic mass is 35.5. The van der Waals surface area contributed by atoms with E-state index in [9.17, 15) is 0 Å². The third kappa shape index (κ3) is 2.79. The van der Waals surface area contributed by atoms with E-state index in [2.05, 4.69) is 12.2 Å². The van der Waals surface area contributed by atoms with Crippen LogP contribution in [0, 0.1) is 57.2 Å². The SMILES string of the molecule is ClC1(Cl)C2CC34C[C@@H]5C[C@@H](CC(CC=CCC67C[C@H]8C[C@@H](C6)CC(CC21)(C8)C7)(C5)C3)C4. The Morgan fingerprint density at radius 1 is 0.484 bits per heavy atom. The second-order valence-electron chi connectivity index (χ2n) is 15.1. The maximum absolute atomic E-state index is 7.16. The topological polar surface area (TPSA) is 0 Å².